The topological polar surface area (TPSA) is 29.9 Å². The molecule has 3 nitrogen and oxygen atoms in total. The van der Waals surface area contributed by atoms with Crippen LogP contribution in [0, 0.1) is 0 Å². The van der Waals surface area contributed by atoms with Crippen molar-refractivity contribution in [3.63, 3.8) is 0 Å². The van der Waals surface area contributed by atoms with Crippen molar-refractivity contribution in [2.45, 2.75) is 6.54 Å². The molecule has 19 heavy (non-hydrogen) atoms. The smallest absolute Gasteiger partial charge is 0.128 e. The number of rotatable bonds is 3. The van der Waals surface area contributed by atoms with E-state index in [4.69, 9.17) is 11.6 Å². The van der Waals surface area contributed by atoms with Crippen molar-refractivity contribution >= 4 is 28.3 Å². The zero-order valence-corrected chi connectivity index (χ0v) is 11.4. The molecular weight excluding hydrogens is 258 g/mol. The van der Waals surface area contributed by atoms with Crippen LogP contribution in [0.15, 0.2) is 48.5 Å². The number of imidazole rings is 1. The number of nitrogens with zero attached hydrogens (tertiary/aromatic N) is 2. The van der Waals surface area contributed by atoms with Crippen molar-refractivity contribution in [2.75, 3.05) is 5.32 Å². The number of para-hydroxylation sites is 2. The predicted molar refractivity (Wildman–Crippen MR) is 79.5 cm³/mol. The van der Waals surface area contributed by atoms with Gasteiger partial charge in [-0.2, -0.15) is 0 Å². The second-order valence-corrected chi connectivity index (χ2v) is 4.88. The highest BCUT2D eigenvalue weighted by atomic mass is 35.5. The summed E-state index contributed by atoms with van der Waals surface area (Å²) < 4.78 is 2.10. The molecule has 3 aromatic rings. The fourth-order valence-corrected chi connectivity index (χ4v) is 2.32. The standard InChI is InChI=1S/C15H14ClN3/c1-19-14-8-3-2-7-13(14)18-15(19)10-17-12-6-4-5-11(16)9-12/h2-9,17H,10H2,1H3. The van der Waals surface area contributed by atoms with Gasteiger partial charge in [-0.05, 0) is 30.3 Å². The first kappa shape index (κ1) is 12.1. The summed E-state index contributed by atoms with van der Waals surface area (Å²) in [5, 5.41) is 4.07. The van der Waals surface area contributed by atoms with E-state index in [0.717, 1.165) is 27.6 Å². The fourth-order valence-electron chi connectivity index (χ4n) is 2.13. The van der Waals surface area contributed by atoms with E-state index in [2.05, 4.69) is 20.9 Å². The molecule has 96 valence electrons. The summed E-state index contributed by atoms with van der Waals surface area (Å²) in [5.74, 6) is 1.00. The minimum Gasteiger partial charge on any atom is -0.378 e. The van der Waals surface area contributed by atoms with Gasteiger partial charge in [-0.3, -0.25) is 0 Å². The van der Waals surface area contributed by atoms with Crippen molar-refractivity contribution in [3.05, 3.63) is 59.4 Å². The number of hydrogen-bond acceptors (Lipinski definition) is 2. The highest BCUT2D eigenvalue weighted by Gasteiger charge is 2.06. The van der Waals surface area contributed by atoms with Gasteiger partial charge >= 0.3 is 0 Å². The van der Waals surface area contributed by atoms with E-state index >= 15 is 0 Å². The molecule has 0 saturated carbocycles. The number of fused-ring (bicyclic) bond motifs is 1. The molecule has 0 saturated heterocycles. The van der Waals surface area contributed by atoms with Crippen LogP contribution in [0.5, 0.6) is 0 Å². The molecule has 0 amide bonds. The Kier molecular flexibility index (Phi) is 3.13. The molecule has 0 aliphatic heterocycles. The zero-order chi connectivity index (χ0) is 13.2. The maximum Gasteiger partial charge on any atom is 0.128 e. The van der Waals surface area contributed by atoms with Gasteiger partial charge in [-0.25, -0.2) is 4.98 Å². The van der Waals surface area contributed by atoms with Crippen LogP contribution in [0.1, 0.15) is 5.82 Å². The van der Waals surface area contributed by atoms with Crippen LogP contribution in [-0.2, 0) is 13.6 Å². The average molecular weight is 272 g/mol. The van der Waals surface area contributed by atoms with E-state index in [0.29, 0.717) is 6.54 Å². The second-order valence-electron chi connectivity index (χ2n) is 4.44. The molecule has 1 aromatic heterocycles. The van der Waals surface area contributed by atoms with Gasteiger partial charge < -0.3 is 9.88 Å². The van der Waals surface area contributed by atoms with E-state index in [9.17, 15) is 0 Å². The average Bonchev–Trinajstić information content (AvgIpc) is 2.74. The highest BCUT2D eigenvalue weighted by Crippen LogP contribution is 2.17. The Hall–Kier alpha value is -2.00. The summed E-state index contributed by atoms with van der Waals surface area (Å²) in [5.41, 5.74) is 3.16. The van der Waals surface area contributed by atoms with E-state index < -0.39 is 0 Å². The third-order valence-electron chi connectivity index (χ3n) is 3.16. The predicted octanol–water partition coefficient (Wildman–Crippen LogP) is 3.84. The normalized spacial score (nSPS) is 10.8. The Morgan fingerprint density at radius 1 is 1.16 bits per heavy atom. The Bertz CT molecular complexity index is 718. The number of benzene rings is 2. The molecule has 2 aromatic carbocycles. The first-order valence-corrected chi connectivity index (χ1v) is 6.51. The van der Waals surface area contributed by atoms with Gasteiger partial charge in [0.2, 0.25) is 0 Å². The Labute approximate surface area is 116 Å². The van der Waals surface area contributed by atoms with Crippen LogP contribution in [0.4, 0.5) is 5.69 Å². The summed E-state index contributed by atoms with van der Waals surface area (Å²) in [7, 11) is 2.03. The summed E-state index contributed by atoms with van der Waals surface area (Å²) in [4.78, 5) is 4.62. The van der Waals surface area contributed by atoms with Crippen molar-refractivity contribution < 1.29 is 0 Å². The highest BCUT2D eigenvalue weighted by molar-refractivity contribution is 6.30. The number of aryl methyl sites for hydroxylation is 1. The lowest BCUT2D eigenvalue weighted by atomic mass is 10.3. The molecule has 1 heterocycles. The Morgan fingerprint density at radius 3 is 2.79 bits per heavy atom. The van der Waals surface area contributed by atoms with E-state index in [1.165, 1.54) is 0 Å². The van der Waals surface area contributed by atoms with Crippen molar-refractivity contribution in [2.24, 2.45) is 7.05 Å². The van der Waals surface area contributed by atoms with Gasteiger partial charge in [0.25, 0.3) is 0 Å². The first-order valence-electron chi connectivity index (χ1n) is 6.14. The monoisotopic (exact) mass is 271 g/mol. The van der Waals surface area contributed by atoms with Crippen LogP contribution in [0.25, 0.3) is 11.0 Å². The minimum atomic E-state index is 0.672. The van der Waals surface area contributed by atoms with Gasteiger partial charge in [0, 0.05) is 17.8 Å². The summed E-state index contributed by atoms with van der Waals surface area (Å²) in [6.07, 6.45) is 0. The fraction of sp³-hybridized carbons (Fsp3) is 0.133. The number of halogens is 1. The summed E-state index contributed by atoms with van der Waals surface area (Å²) in [6, 6.07) is 15.8. The molecule has 0 fully saturated rings. The Balaban J connectivity index is 1.84. The van der Waals surface area contributed by atoms with Crippen LogP contribution >= 0.6 is 11.6 Å². The molecule has 0 aliphatic carbocycles. The molecule has 4 heteroatoms. The number of aromatic nitrogens is 2. The Morgan fingerprint density at radius 2 is 2.00 bits per heavy atom. The van der Waals surface area contributed by atoms with E-state index in [1.54, 1.807) is 0 Å². The molecule has 0 bridgehead atoms. The second kappa shape index (κ2) is 4.94. The molecule has 0 spiro atoms. The molecule has 1 N–H and O–H groups in total. The molecule has 0 aliphatic rings. The molecule has 3 rings (SSSR count). The van der Waals surface area contributed by atoms with E-state index in [-0.39, 0.29) is 0 Å². The largest absolute Gasteiger partial charge is 0.378 e. The molecular formula is C15H14ClN3. The van der Waals surface area contributed by atoms with Crippen molar-refractivity contribution in [1.29, 1.82) is 0 Å². The third kappa shape index (κ3) is 2.42. The van der Waals surface area contributed by atoms with Gasteiger partial charge in [-0.1, -0.05) is 29.8 Å². The molecule has 0 radical (unpaired) electrons. The van der Waals surface area contributed by atoms with Crippen LogP contribution in [-0.4, -0.2) is 9.55 Å². The maximum absolute atomic E-state index is 5.96. The quantitative estimate of drug-likeness (QED) is 0.784. The number of nitrogens with one attached hydrogen (secondary N) is 1. The lowest BCUT2D eigenvalue weighted by molar-refractivity contribution is 0.834. The third-order valence-corrected chi connectivity index (χ3v) is 3.39. The van der Waals surface area contributed by atoms with Gasteiger partial charge in [0.1, 0.15) is 5.82 Å². The zero-order valence-electron chi connectivity index (χ0n) is 10.6. The molecule has 0 atom stereocenters. The van der Waals surface area contributed by atoms with Crippen molar-refractivity contribution in [1.82, 2.24) is 9.55 Å². The number of anilines is 1. The first-order chi connectivity index (χ1) is 9.24. The summed E-state index contributed by atoms with van der Waals surface area (Å²) >= 11 is 5.96. The van der Waals surface area contributed by atoms with Crippen molar-refractivity contribution in [3.8, 4) is 0 Å². The minimum absolute atomic E-state index is 0.672. The lowest BCUT2D eigenvalue weighted by Crippen LogP contribution is -2.05. The van der Waals surface area contributed by atoms with E-state index in [1.807, 2.05) is 49.5 Å². The van der Waals surface area contributed by atoms with Crippen LogP contribution in [0.3, 0.4) is 0 Å². The maximum atomic E-state index is 5.96. The molecule has 0 unspecified atom stereocenters. The van der Waals surface area contributed by atoms with Gasteiger partial charge in [0.05, 0.1) is 17.6 Å². The van der Waals surface area contributed by atoms with Crippen LogP contribution in [0.2, 0.25) is 5.02 Å². The lowest BCUT2D eigenvalue weighted by Gasteiger charge is -2.06. The summed E-state index contributed by atoms with van der Waals surface area (Å²) in [6.45, 7) is 0.672. The van der Waals surface area contributed by atoms with Gasteiger partial charge in [0.15, 0.2) is 0 Å². The SMILES string of the molecule is Cn1c(CNc2cccc(Cl)c2)nc2ccccc21. The number of hydrogen-bond donors (Lipinski definition) is 1. The van der Waals surface area contributed by atoms with Gasteiger partial charge in [-0.15, -0.1) is 0 Å². The van der Waals surface area contributed by atoms with Crippen LogP contribution < -0.4 is 5.32 Å².